The van der Waals surface area contributed by atoms with Crippen molar-refractivity contribution in [2.75, 3.05) is 26.4 Å². The second-order valence-electron chi connectivity index (χ2n) is 5.67. The summed E-state index contributed by atoms with van der Waals surface area (Å²) in [7, 11) is 0. The van der Waals surface area contributed by atoms with Crippen LogP contribution in [-0.4, -0.2) is 43.4 Å². The number of nitrogens with zero attached hydrogens (tertiary/aromatic N) is 1. The SMILES string of the molecule is C=CCOC[C@@H]1CC[C@H]2[C@@H]1OCCN2Cc1ccsc1. The number of rotatable bonds is 6. The molecular weight excluding hydrogens is 270 g/mol. The fourth-order valence-corrected chi connectivity index (χ4v) is 4.09. The zero-order chi connectivity index (χ0) is 13.8. The number of morpholine rings is 1. The lowest BCUT2D eigenvalue weighted by Gasteiger charge is -2.39. The summed E-state index contributed by atoms with van der Waals surface area (Å²) in [6.45, 7) is 8.11. The second-order valence-corrected chi connectivity index (χ2v) is 6.45. The summed E-state index contributed by atoms with van der Waals surface area (Å²) in [6.07, 6.45) is 4.62. The molecule has 1 aliphatic carbocycles. The highest BCUT2D eigenvalue weighted by molar-refractivity contribution is 7.07. The van der Waals surface area contributed by atoms with E-state index in [9.17, 15) is 0 Å². The number of fused-ring (bicyclic) bond motifs is 1. The van der Waals surface area contributed by atoms with Crippen molar-refractivity contribution in [3.05, 3.63) is 35.0 Å². The summed E-state index contributed by atoms with van der Waals surface area (Å²) in [5.74, 6) is 0.547. The molecule has 0 aromatic carbocycles. The topological polar surface area (TPSA) is 21.7 Å². The molecule has 2 heterocycles. The number of thiophene rings is 1. The van der Waals surface area contributed by atoms with Crippen molar-refractivity contribution in [2.45, 2.75) is 31.5 Å². The van der Waals surface area contributed by atoms with Gasteiger partial charge in [0.1, 0.15) is 0 Å². The molecule has 3 atom stereocenters. The molecule has 110 valence electrons. The van der Waals surface area contributed by atoms with Crippen molar-refractivity contribution in [1.82, 2.24) is 4.90 Å². The Labute approximate surface area is 125 Å². The zero-order valence-corrected chi connectivity index (χ0v) is 12.7. The van der Waals surface area contributed by atoms with Crippen LogP contribution >= 0.6 is 11.3 Å². The van der Waals surface area contributed by atoms with E-state index in [0.717, 1.165) is 26.3 Å². The molecule has 2 fully saturated rings. The van der Waals surface area contributed by atoms with Crippen LogP contribution in [0, 0.1) is 5.92 Å². The molecule has 1 saturated carbocycles. The molecule has 1 aromatic rings. The third kappa shape index (κ3) is 3.14. The van der Waals surface area contributed by atoms with Crippen molar-refractivity contribution < 1.29 is 9.47 Å². The van der Waals surface area contributed by atoms with Gasteiger partial charge < -0.3 is 9.47 Å². The van der Waals surface area contributed by atoms with E-state index < -0.39 is 0 Å². The van der Waals surface area contributed by atoms with Gasteiger partial charge in [-0.1, -0.05) is 6.08 Å². The lowest BCUT2D eigenvalue weighted by atomic mass is 10.0. The van der Waals surface area contributed by atoms with Gasteiger partial charge in [-0.15, -0.1) is 6.58 Å². The Morgan fingerprint density at radius 3 is 3.25 bits per heavy atom. The largest absolute Gasteiger partial charge is 0.377 e. The Balaban J connectivity index is 1.58. The van der Waals surface area contributed by atoms with Crippen LogP contribution in [0.1, 0.15) is 18.4 Å². The second kappa shape index (κ2) is 6.85. The van der Waals surface area contributed by atoms with E-state index in [-0.39, 0.29) is 0 Å². The third-order valence-electron chi connectivity index (χ3n) is 4.37. The molecule has 2 aliphatic rings. The van der Waals surface area contributed by atoms with Gasteiger partial charge in [0.25, 0.3) is 0 Å². The molecule has 1 aliphatic heterocycles. The first-order valence-corrected chi connectivity index (χ1v) is 8.38. The van der Waals surface area contributed by atoms with Crippen LogP contribution in [0.5, 0.6) is 0 Å². The minimum absolute atomic E-state index is 0.354. The van der Waals surface area contributed by atoms with Gasteiger partial charge in [-0.3, -0.25) is 4.90 Å². The Morgan fingerprint density at radius 1 is 1.50 bits per heavy atom. The quantitative estimate of drug-likeness (QED) is 0.594. The van der Waals surface area contributed by atoms with Gasteiger partial charge in [-0.05, 0) is 35.2 Å². The molecule has 0 N–H and O–H groups in total. The molecule has 0 spiro atoms. The summed E-state index contributed by atoms with van der Waals surface area (Å²) in [5, 5.41) is 4.41. The number of ether oxygens (including phenoxy) is 2. The van der Waals surface area contributed by atoms with Crippen molar-refractivity contribution in [1.29, 1.82) is 0 Å². The molecule has 0 unspecified atom stereocenters. The van der Waals surface area contributed by atoms with Crippen LogP contribution in [0.15, 0.2) is 29.5 Å². The lowest BCUT2D eigenvalue weighted by molar-refractivity contribution is -0.0868. The van der Waals surface area contributed by atoms with Gasteiger partial charge in [0, 0.05) is 25.0 Å². The fraction of sp³-hybridized carbons (Fsp3) is 0.625. The zero-order valence-electron chi connectivity index (χ0n) is 11.9. The Bertz CT molecular complexity index is 420. The van der Waals surface area contributed by atoms with Crippen LogP contribution in [-0.2, 0) is 16.0 Å². The maximum absolute atomic E-state index is 6.05. The van der Waals surface area contributed by atoms with E-state index in [1.54, 1.807) is 11.3 Å². The minimum atomic E-state index is 0.354. The molecule has 3 nitrogen and oxygen atoms in total. The van der Waals surface area contributed by atoms with E-state index in [1.807, 2.05) is 6.08 Å². The maximum atomic E-state index is 6.05. The maximum Gasteiger partial charge on any atom is 0.0781 e. The van der Waals surface area contributed by atoms with E-state index in [4.69, 9.17) is 9.47 Å². The molecular formula is C16H23NO2S. The van der Waals surface area contributed by atoms with E-state index >= 15 is 0 Å². The van der Waals surface area contributed by atoms with Gasteiger partial charge in [-0.25, -0.2) is 0 Å². The van der Waals surface area contributed by atoms with E-state index in [1.165, 1.54) is 18.4 Å². The predicted octanol–water partition coefficient (Wildman–Crippen LogP) is 2.93. The van der Waals surface area contributed by atoms with Crippen LogP contribution in [0.2, 0.25) is 0 Å². The van der Waals surface area contributed by atoms with Crippen molar-refractivity contribution in [2.24, 2.45) is 5.92 Å². The summed E-state index contributed by atoms with van der Waals surface area (Å²) in [6, 6.07) is 2.80. The Kier molecular flexibility index (Phi) is 4.89. The highest BCUT2D eigenvalue weighted by Crippen LogP contribution is 2.35. The van der Waals surface area contributed by atoms with Crippen molar-refractivity contribution in [3.8, 4) is 0 Å². The van der Waals surface area contributed by atoms with Gasteiger partial charge in [0.2, 0.25) is 0 Å². The Morgan fingerprint density at radius 2 is 2.45 bits per heavy atom. The van der Waals surface area contributed by atoms with Crippen LogP contribution in [0.4, 0.5) is 0 Å². The average Bonchev–Trinajstić information content (AvgIpc) is 3.10. The first kappa shape index (κ1) is 14.3. The highest BCUT2D eigenvalue weighted by Gasteiger charge is 2.42. The highest BCUT2D eigenvalue weighted by atomic mass is 32.1. The Hall–Kier alpha value is -0.680. The van der Waals surface area contributed by atoms with E-state index in [0.29, 0.717) is 24.7 Å². The molecule has 1 saturated heterocycles. The first-order valence-electron chi connectivity index (χ1n) is 7.44. The molecule has 4 heteroatoms. The molecule has 0 amide bonds. The summed E-state index contributed by atoms with van der Waals surface area (Å²) in [5.41, 5.74) is 1.43. The minimum Gasteiger partial charge on any atom is -0.377 e. The van der Waals surface area contributed by atoms with Crippen LogP contribution in [0.3, 0.4) is 0 Å². The van der Waals surface area contributed by atoms with Crippen LogP contribution < -0.4 is 0 Å². The third-order valence-corrected chi connectivity index (χ3v) is 5.10. The summed E-state index contributed by atoms with van der Waals surface area (Å²) >= 11 is 1.78. The first-order chi connectivity index (χ1) is 9.88. The smallest absolute Gasteiger partial charge is 0.0781 e. The van der Waals surface area contributed by atoms with Gasteiger partial charge >= 0.3 is 0 Å². The molecule has 3 rings (SSSR count). The molecule has 1 aromatic heterocycles. The molecule has 0 radical (unpaired) electrons. The predicted molar refractivity (Wildman–Crippen MR) is 82.0 cm³/mol. The molecule has 0 bridgehead atoms. The number of hydrogen-bond acceptors (Lipinski definition) is 4. The van der Waals surface area contributed by atoms with Crippen LogP contribution in [0.25, 0.3) is 0 Å². The average molecular weight is 293 g/mol. The van der Waals surface area contributed by atoms with Gasteiger partial charge in [0.15, 0.2) is 0 Å². The normalized spacial score (nSPS) is 30.3. The number of hydrogen-bond donors (Lipinski definition) is 0. The summed E-state index contributed by atoms with van der Waals surface area (Å²) in [4.78, 5) is 2.60. The van der Waals surface area contributed by atoms with Crippen molar-refractivity contribution >= 4 is 11.3 Å². The lowest BCUT2D eigenvalue weighted by Crippen LogP contribution is -2.50. The molecule has 20 heavy (non-hydrogen) atoms. The fourth-order valence-electron chi connectivity index (χ4n) is 3.43. The standard InChI is InChI=1S/C16H23NO2S/c1-2-7-18-11-14-3-4-15-16(14)19-8-6-17(15)10-13-5-9-20-12-13/h2,5,9,12,14-16H,1,3-4,6-8,10-11H2/t14-,15-,16+/m0/s1. The van der Waals surface area contributed by atoms with Crippen molar-refractivity contribution in [3.63, 3.8) is 0 Å². The van der Waals surface area contributed by atoms with E-state index in [2.05, 4.69) is 28.3 Å². The van der Waals surface area contributed by atoms with Gasteiger partial charge in [-0.2, -0.15) is 11.3 Å². The van der Waals surface area contributed by atoms with Gasteiger partial charge in [0.05, 0.1) is 25.9 Å². The summed E-state index contributed by atoms with van der Waals surface area (Å²) < 4.78 is 11.7. The monoisotopic (exact) mass is 293 g/mol.